The number of benzene rings is 1. The Morgan fingerprint density at radius 1 is 0.917 bits per heavy atom. The first kappa shape index (κ1) is 18.2. The van der Waals surface area contributed by atoms with Gasteiger partial charge in [-0.15, -0.1) is 0 Å². The largest absolute Gasteiger partial charge is 0.301 e. The van der Waals surface area contributed by atoms with Gasteiger partial charge in [0.05, 0.1) is 11.5 Å². The lowest BCUT2D eigenvalue weighted by atomic mass is 10.0. The SMILES string of the molecule is O=S1(=O)CC(c2ccc(Cl)cc2)CS(=O)(=O)C1CN1CCCCC1. The Morgan fingerprint density at radius 3 is 2.00 bits per heavy atom. The highest BCUT2D eigenvalue weighted by Gasteiger charge is 2.46. The van der Waals surface area contributed by atoms with E-state index in [1.165, 1.54) is 0 Å². The first-order valence-corrected chi connectivity index (χ1v) is 12.0. The van der Waals surface area contributed by atoms with Crippen molar-refractivity contribution in [3.8, 4) is 0 Å². The van der Waals surface area contributed by atoms with Gasteiger partial charge in [0.15, 0.2) is 24.3 Å². The van der Waals surface area contributed by atoms with E-state index in [-0.39, 0.29) is 18.1 Å². The minimum Gasteiger partial charge on any atom is -0.301 e. The van der Waals surface area contributed by atoms with Gasteiger partial charge in [-0.2, -0.15) is 0 Å². The van der Waals surface area contributed by atoms with Crippen LogP contribution in [-0.4, -0.2) is 57.5 Å². The lowest BCUT2D eigenvalue weighted by Crippen LogP contribution is -2.50. The van der Waals surface area contributed by atoms with Crippen LogP contribution >= 0.6 is 11.6 Å². The molecule has 2 heterocycles. The van der Waals surface area contributed by atoms with E-state index in [0.717, 1.165) is 32.4 Å². The van der Waals surface area contributed by atoms with E-state index in [1.807, 2.05) is 4.90 Å². The van der Waals surface area contributed by atoms with Crippen LogP contribution in [0.2, 0.25) is 5.02 Å². The molecule has 134 valence electrons. The van der Waals surface area contributed by atoms with Crippen molar-refractivity contribution in [1.82, 2.24) is 4.90 Å². The van der Waals surface area contributed by atoms with Gasteiger partial charge < -0.3 is 4.90 Å². The maximum absolute atomic E-state index is 12.7. The van der Waals surface area contributed by atoms with E-state index in [9.17, 15) is 16.8 Å². The molecule has 1 aromatic carbocycles. The van der Waals surface area contributed by atoms with Gasteiger partial charge in [-0.05, 0) is 43.6 Å². The predicted octanol–water partition coefficient (Wildman–Crippen LogP) is 2.08. The van der Waals surface area contributed by atoms with Crippen molar-refractivity contribution in [2.24, 2.45) is 0 Å². The van der Waals surface area contributed by atoms with Crippen molar-refractivity contribution >= 4 is 31.3 Å². The van der Waals surface area contributed by atoms with Gasteiger partial charge in [-0.1, -0.05) is 30.2 Å². The Labute approximate surface area is 148 Å². The van der Waals surface area contributed by atoms with Crippen LogP contribution in [0.4, 0.5) is 0 Å². The molecule has 3 rings (SSSR count). The van der Waals surface area contributed by atoms with Crippen LogP contribution in [0.25, 0.3) is 0 Å². The smallest absolute Gasteiger partial charge is 0.175 e. The molecule has 0 unspecified atom stereocenters. The van der Waals surface area contributed by atoms with Gasteiger partial charge in [0.1, 0.15) is 0 Å². The normalized spacial score (nSPS) is 30.0. The van der Waals surface area contributed by atoms with Gasteiger partial charge >= 0.3 is 0 Å². The average Bonchev–Trinajstić information content (AvgIpc) is 2.52. The fraction of sp³-hybridized carbons (Fsp3) is 0.625. The molecule has 0 radical (unpaired) electrons. The maximum Gasteiger partial charge on any atom is 0.175 e. The van der Waals surface area contributed by atoms with Crippen LogP contribution in [0.3, 0.4) is 0 Å². The standard InChI is InChI=1S/C16H22ClNO4S2/c17-15-6-4-13(5-7-15)14-11-23(19,20)16(24(21,22)12-14)10-18-8-2-1-3-9-18/h4-7,14,16H,1-3,8-12H2. The molecule has 0 bridgehead atoms. The number of rotatable bonds is 3. The average molecular weight is 392 g/mol. The molecule has 1 aromatic rings. The summed E-state index contributed by atoms with van der Waals surface area (Å²) in [7, 11) is -7.40. The minimum absolute atomic E-state index is 0.109. The summed E-state index contributed by atoms with van der Waals surface area (Å²) in [5.74, 6) is -0.756. The van der Waals surface area contributed by atoms with Gasteiger partial charge in [-0.25, -0.2) is 16.8 Å². The second-order valence-electron chi connectivity index (χ2n) is 6.70. The van der Waals surface area contributed by atoms with Crippen LogP contribution in [0.5, 0.6) is 0 Å². The third-order valence-electron chi connectivity index (χ3n) is 4.87. The quantitative estimate of drug-likeness (QED) is 0.788. The summed E-state index contributed by atoms with van der Waals surface area (Å²) < 4.78 is 49.5. The van der Waals surface area contributed by atoms with Crippen molar-refractivity contribution < 1.29 is 16.8 Å². The molecule has 0 atom stereocenters. The summed E-state index contributed by atoms with van der Waals surface area (Å²) in [6, 6.07) is 6.75. The van der Waals surface area contributed by atoms with E-state index < -0.39 is 30.2 Å². The predicted molar refractivity (Wildman–Crippen MR) is 95.8 cm³/mol. The fourth-order valence-corrected chi connectivity index (χ4v) is 9.14. The number of halogens is 1. The number of hydrogen-bond acceptors (Lipinski definition) is 5. The van der Waals surface area contributed by atoms with Crippen molar-refractivity contribution in [2.45, 2.75) is 29.8 Å². The molecule has 2 saturated heterocycles. The summed E-state index contributed by atoms with van der Waals surface area (Å²) in [5, 5.41) is 0.545. The zero-order valence-electron chi connectivity index (χ0n) is 13.4. The molecule has 0 amide bonds. The van der Waals surface area contributed by atoms with Crippen molar-refractivity contribution in [1.29, 1.82) is 0 Å². The van der Waals surface area contributed by atoms with Gasteiger partial charge in [0, 0.05) is 17.5 Å². The van der Waals surface area contributed by atoms with Crippen LogP contribution in [0, 0.1) is 0 Å². The molecular weight excluding hydrogens is 370 g/mol. The van der Waals surface area contributed by atoms with Crippen LogP contribution < -0.4 is 0 Å². The number of sulfone groups is 2. The molecule has 24 heavy (non-hydrogen) atoms. The van der Waals surface area contributed by atoms with E-state index in [4.69, 9.17) is 11.6 Å². The number of nitrogens with zero attached hydrogens (tertiary/aromatic N) is 1. The lowest BCUT2D eigenvalue weighted by Gasteiger charge is -2.34. The summed E-state index contributed by atoms with van der Waals surface area (Å²) >= 11 is 5.85. The number of hydrogen-bond donors (Lipinski definition) is 0. The minimum atomic E-state index is -3.70. The summed E-state index contributed by atoms with van der Waals surface area (Å²) in [6.07, 6.45) is 3.12. The first-order valence-electron chi connectivity index (χ1n) is 8.19. The highest BCUT2D eigenvalue weighted by Crippen LogP contribution is 2.32. The second kappa shape index (κ2) is 6.94. The van der Waals surface area contributed by atoms with Gasteiger partial charge in [-0.3, -0.25) is 0 Å². The molecular formula is C16H22ClNO4S2. The van der Waals surface area contributed by atoms with Crippen LogP contribution in [0.1, 0.15) is 30.7 Å². The third kappa shape index (κ3) is 3.95. The molecule has 8 heteroatoms. The first-order chi connectivity index (χ1) is 11.3. The molecule has 2 fully saturated rings. The van der Waals surface area contributed by atoms with Gasteiger partial charge in [0.25, 0.3) is 0 Å². The molecule has 0 N–H and O–H groups in total. The zero-order chi connectivity index (χ0) is 17.4. The van der Waals surface area contributed by atoms with Crippen molar-refractivity contribution in [2.75, 3.05) is 31.1 Å². The molecule has 0 saturated carbocycles. The van der Waals surface area contributed by atoms with E-state index in [0.29, 0.717) is 10.6 Å². The van der Waals surface area contributed by atoms with Crippen LogP contribution in [-0.2, 0) is 19.7 Å². The van der Waals surface area contributed by atoms with E-state index >= 15 is 0 Å². The highest BCUT2D eigenvalue weighted by atomic mass is 35.5. The monoisotopic (exact) mass is 391 g/mol. The third-order valence-corrected chi connectivity index (χ3v) is 10.5. The molecule has 0 aromatic heterocycles. The highest BCUT2D eigenvalue weighted by molar-refractivity contribution is 8.09. The zero-order valence-corrected chi connectivity index (χ0v) is 15.8. The molecule has 5 nitrogen and oxygen atoms in total. The lowest BCUT2D eigenvalue weighted by molar-refractivity contribution is 0.236. The molecule has 0 aliphatic carbocycles. The van der Waals surface area contributed by atoms with E-state index in [2.05, 4.69) is 0 Å². The maximum atomic E-state index is 12.7. The molecule has 0 spiro atoms. The molecule has 2 aliphatic heterocycles. The van der Waals surface area contributed by atoms with Crippen molar-refractivity contribution in [3.63, 3.8) is 0 Å². The second-order valence-corrected chi connectivity index (χ2v) is 11.9. The Kier molecular flexibility index (Phi) is 5.25. The number of likely N-dealkylation sites (tertiary alicyclic amines) is 1. The van der Waals surface area contributed by atoms with Crippen LogP contribution in [0.15, 0.2) is 24.3 Å². The Morgan fingerprint density at radius 2 is 1.46 bits per heavy atom. The molecule has 2 aliphatic rings. The number of piperidine rings is 1. The summed E-state index contributed by atoms with van der Waals surface area (Å²) in [5.41, 5.74) is 0.711. The summed E-state index contributed by atoms with van der Waals surface area (Å²) in [6.45, 7) is 1.67. The fourth-order valence-electron chi connectivity index (χ4n) is 3.55. The Balaban J connectivity index is 1.83. The Bertz CT molecular complexity index is 748. The van der Waals surface area contributed by atoms with E-state index in [1.54, 1.807) is 24.3 Å². The topological polar surface area (TPSA) is 71.5 Å². The summed E-state index contributed by atoms with van der Waals surface area (Å²) in [4.78, 5) is 1.98. The van der Waals surface area contributed by atoms with Gasteiger partial charge in [0.2, 0.25) is 0 Å². The Hall–Kier alpha value is -0.630. The van der Waals surface area contributed by atoms with Crippen molar-refractivity contribution in [3.05, 3.63) is 34.9 Å².